The van der Waals surface area contributed by atoms with Gasteiger partial charge in [0, 0.05) is 38.3 Å². The second-order valence-corrected chi connectivity index (χ2v) is 9.13. The van der Waals surface area contributed by atoms with Crippen LogP contribution >= 0.6 is 0 Å². The van der Waals surface area contributed by atoms with Gasteiger partial charge in [0.05, 0.1) is 11.4 Å². The van der Waals surface area contributed by atoms with Crippen LogP contribution in [0.25, 0.3) is 0 Å². The monoisotopic (exact) mass is 454 g/mol. The van der Waals surface area contributed by atoms with Crippen molar-refractivity contribution in [2.75, 3.05) is 35.3 Å². The Kier molecular flexibility index (Phi) is 7.65. The fourth-order valence-electron chi connectivity index (χ4n) is 4.53. The van der Waals surface area contributed by atoms with Crippen molar-refractivity contribution in [3.05, 3.63) is 35.6 Å². The van der Waals surface area contributed by atoms with Gasteiger partial charge in [-0.25, -0.2) is 4.79 Å². The molecule has 2 fully saturated rings. The number of anilines is 3. The highest BCUT2D eigenvalue weighted by molar-refractivity contribution is 6.01. The van der Waals surface area contributed by atoms with Crippen molar-refractivity contribution < 1.29 is 18.8 Å². The smallest absolute Gasteiger partial charge is 0.325 e. The van der Waals surface area contributed by atoms with E-state index in [1.165, 1.54) is 12.8 Å². The molecule has 8 heteroatoms. The molecule has 1 aliphatic carbocycles. The Labute approximate surface area is 195 Å². The fourth-order valence-corrected chi connectivity index (χ4v) is 4.53. The summed E-state index contributed by atoms with van der Waals surface area (Å²) in [6, 6.07) is 7.93. The molecule has 1 aromatic heterocycles. The van der Waals surface area contributed by atoms with E-state index in [1.54, 1.807) is 13.0 Å². The summed E-state index contributed by atoms with van der Waals surface area (Å²) in [5, 5.41) is 9.65. The summed E-state index contributed by atoms with van der Waals surface area (Å²) in [5.41, 5.74) is 2.82. The number of carbonyl (C=O) groups is 2. The summed E-state index contributed by atoms with van der Waals surface area (Å²) in [5.74, 6) is 1.82. The van der Waals surface area contributed by atoms with Crippen molar-refractivity contribution in [1.82, 2.24) is 5.16 Å². The van der Waals surface area contributed by atoms with Crippen LogP contribution in [0.2, 0.25) is 0 Å². The minimum absolute atomic E-state index is 0.123. The quantitative estimate of drug-likeness (QED) is 0.485. The highest BCUT2D eigenvalue weighted by atomic mass is 16.5. The molecule has 4 rings (SSSR count). The fraction of sp³-hybridized carbons (Fsp3) is 0.560. The van der Waals surface area contributed by atoms with Gasteiger partial charge >= 0.3 is 6.03 Å². The van der Waals surface area contributed by atoms with Gasteiger partial charge in [-0.2, -0.15) is 0 Å². The maximum atomic E-state index is 12.9. The van der Waals surface area contributed by atoms with Crippen molar-refractivity contribution in [3.8, 4) is 0 Å². The molecule has 2 heterocycles. The van der Waals surface area contributed by atoms with E-state index in [4.69, 9.17) is 9.26 Å². The number of carbonyl (C=O) groups excluding carboxylic acids is 2. The summed E-state index contributed by atoms with van der Waals surface area (Å²) in [7, 11) is 0. The van der Waals surface area contributed by atoms with Gasteiger partial charge in [0.2, 0.25) is 0 Å². The number of hydrogen-bond donors (Lipinski definition) is 2. The molecule has 2 amide bonds. The third-order valence-electron chi connectivity index (χ3n) is 6.58. The lowest BCUT2D eigenvalue weighted by molar-refractivity contribution is -0.108. The number of amides is 2. The van der Waals surface area contributed by atoms with Gasteiger partial charge in [0.15, 0.2) is 5.82 Å². The molecule has 178 valence electrons. The lowest BCUT2D eigenvalue weighted by Gasteiger charge is -2.37. The summed E-state index contributed by atoms with van der Waals surface area (Å²) < 4.78 is 10.7. The summed E-state index contributed by atoms with van der Waals surface area (Å²) in [4.78, 5) is 26.5. The number of nitrogens with one attached hydrogen (secondary N) is 2. The van der Waals surface area contributed by atoms with Crippen molar-refractivity contribution in [2.45, 2.75) is 64.3 Å². The average Bonchev–Trinajstić information content (AvgIpc) is 3.56. The molecular weight excluding hydrogens is 420 g/mol. The Bertz CT molecular complexity index is 950. The van der Waals surface area contributed by atoms with Gasteiger partial charge in [-0.05, 0) is 68.6 Å². The predicted octanol–water partition coefficient (Wildman–Crippen LogP) is 5.11. The molecule has 1 unspecified atom stereocenters. The zero-order valence-corrected chi connectivity index (χ0v) is 19.5. The number of urea groups is 1. The van der Waals surface area contributed by atoms with Crippen LogP contribution in [0.3, 0.4) is 0 Å². The van der Waals surface area contributed by atoms with Crippen LogP contribution in [-0.2, 0) is 9.53 Å². The molecule has 1 aromatic carbocycles. The second kappa shape index (κ2) is 10.8. The molecule has 1 saturated carbocycles. The standard InChI is InChI=1S/C25H34N4O4/c1-3-19(8-11-30)20-6-7-23(29(16-18-4-5-18)21-9-12-32-13-10-21)22(15-20)26-25(31)27-24-14-17(2)33-28-24/h6-7,11,14-15,18-19,21H,3-5,8-10,12-13,16H2,1-2H3,(H2,26,27,28,31). The number of nitrogens with zero attached hydrogens (tertiary/aromatic N) is 2. The summed E-state index contributed by atoms with van der Waals surface area (Å²) in [6.45, 7) is 6.36. The first-order chi connectivity index (χ1) is 16.1. The van der Waals surface area contributed by atoms with Crippen LogP contribution in [0.15, 0.2) is 28.8 Å². The van der Waals surface area contributed by atoms with Crippen molar-refractivity contribution in [1.29, 1.82) is 0 Å². The van der Waals surface area contributed by atoms with Gasteiger partial charge in [0.1, 0.15) is 12.0 Å². The van der Waals surface area contributed by atoms with E-state index in [-0.39, 0.29) is 11.9 Å². The molecule has 0 spiro atoms. The maximum absolute atomic E-state index is 12.9. The van der Waals surface area contributed by atoms with E-state index >= 15 is 0 Å². The van der Waals surface area contributed by atoms with E-state index in [1.807, 2.05) is 6.07 Å². The van der Waals surface area contributed by atoms with Gasteiger partial charge in [0.25, 0.3) is 0 Å². The van der Waals surface area contributed by atoms with Crippen molar-refractivity contribution in [3.63, 3.8) is 0 Å². The number of ether oxygens (including phenoxy) is 1. The third-order valence-corrected chi connectivity index (χ3v) is 6.58. The highest BCUT2D eigenvalue weighted by Gasteiger charge is 2.31. The average molecular weight is 455 g/mol. The number of benzene rings is 1. The van der Waals surface area contributed by atoms with E-state index in [9.17, 15) is 9.59 Å². The molecule has 2 aromatic rings. The zero-order chi connectivity index (χ0) is 23.2. The topological polar surface area (TPSA) is 96.7 Å². The molecule has 8 nitrogen and oxygen atoms in total. The van der Waals surface area contributed by atoms with Crippen LogP contribution in [0.4, 0.5) is 22.0 Å². The SMILES string of the molecule is CCC(CC=O)c1ccc(N(CC2CC2)C2CCOCC2)c(NC(=O)Nc2cc(C)on2)c1. The number of rotatable bonds is 10. The van der Waals surface area contributed by atoms with Gasteiger partial charge in [-0.15, -0.1) is 0 Å². The molecule has 33 heavy (non-hydrogen) atoms. The first kappa shape index (κ1) is 23.3. The molecule has 1 saturated heterocycles. The molecule has 1 aliphatic heterocycles. The van der Waals surface area contributed by atoms with Crippen LogP contribution in [0.5, 0.6) is 0 Å². The molecular formula is C25H34N4O4. The highest BCUT2D eigenvalue weighted by Crippen LogP contribution is 2.38. The predicted molar refractivity (Wildman–Crippen MR) is 128 cm³/mol. The van der Waals surface area contributed by atoms with Crippen LogP contribution in [0, 0.1) is 12.8 Å². The van der Waals surface area contributed by atoms with E-state index < -0.39 is 0 Å². The van der Waals surface area contributed by atoms with Gasteiger partial charge in [-0.1, -0.05) is 18.1 Å². The second-order valence-electron chi connectivity index (χ2n) is 9.13. The number of aldehydes is 1. The molecule has 1 atom stereocenters. The molecule has 0 radical (unpaired) electrons. The Balaban J connectivity index is 1.64. The lowest BCUT2D eigenvalue weighted by atomic mass is 9.92. The molecule has 2 N–H and O–H groups in total. The Morgan fingerprint density at radius 3 is 2.64 bits per heavy atom. The van der Waals surface area contributed by atoms with Gasteiger partial charge in [-0.3, -0.25) is 5.32 Å². The Morgan fingerprint density at radius 1 is 1.21 bits per heavy atom. The normalized spacial score (nSPS) is 17.4. The van der Waals surface area contributed by atoms with E-state index in [0.29, 0.717) is 30.0 Å². The first-order valence-corrected chi connectivity index (χ1v) is 12.0. The Morgan fingerprint density at radius 2 is 2.00 bits per heavy atom. The first-order valence-electron chi connectivity index (χ1n) is 12.0. The summed E-state index contributed by atoms with van der Waals surface area (Å²) >= 11 is 0. The van der Waals surface area contributed by atoms with Crippen molar-refractivity contribution in [2.24, 2.45) is 5.92 Å². The molecule has 2 aliphatic rings. The maximum Gasteiger partial charge on any atom is 0.325 e. The number of hydrogen-bond acceptors (Lipinski definition) is 6. The minimum atomic E-state index is -0.372. The summed E-state index contributed by atoms with van der Waals surface area (Å²) in [6.07, 6.45) is 6.74. The van der Waals surface area contributed by atoms with Crippen LogP contribution < -0.4 is 15.5 Å². The van der Waals surface area contributed by atoms with E-state index in [2.05, 4.69) is 39.7 Å². The zero-order valence-electron chi connectivity index (χ0n) is 19.5. The third kappa shape index (κ3) is 6.13. The van der Waals surface area contributed by atoms with Crippen LogP contribution in [-0.4, -0.2) is 43.3 Å². The van der Waals surface area contributed by atoms with Gasteiger partial charge < -0.3 is 24.3 Å². The van der Waals surface area contributed by atoms with E-state index in [0.717, 1.165) is 62.2 Å². The number of aromatic nitrogens is 1. The lowest BCUT2D eigenvalue weighted by Crippen LogP contribution is -2.41. The number of aryl methyl sites for hydroxylation is 1. The molecule has 0 bridgehead atoms. The Hall–Kier alpha value is -2.87. The largest absolute Gasteiger partial charge is 0.381 e. The van der Waals surface area contributed by atoms with Crippen LogP contribution in [0.1, 0.15) is 62.7 Å². The van der Waals surface area contributed by atoms with Crippen molar-refractivity contribution >= 4 is 29.5 Å². The minimum Gasteiger partial charge on any atom is -0.381 e.